The zero-order chi connectivity index (χ0) is 19.9. The molecule has 0 N–H and O–H groups in total. The predicted octanol–water partition coefficient (Wildman–Crippen LogP) is 2.83. The molecule has 4 amide bonds. The van der Waals surface area contributed by atoms with E-state index < -0.39 is 17.8 Å². The Morgan fingerprint density at radius 1 is 0.815 bits per heavy atom. The average Bonchev–Trinajstić information content (AvgIpc) is 2.84. The summed E-state index contributed by atoms with van der Waals surface area (Å²) in [4.78, 5) is 40.1. The summed E-state index contributed by atoms with van der Waals surface area (Å²) in [7, 11) is 4.75. The monoisotopic (exact) mass is 365 g/mol. The Morgan fingerprint density at radius 2 is 1.37 bits per heavy atom. The quantitative estimate of drug-likeness (QED) is 0.597. The van der Waals surface area contributed by atoms with E-state index in [1.54, 1.807) is 6.08 Å². The highest BCUT2D eigenvalue weighted by molar-refractivity contribution is 6.28. The molecule has 0 aliphatic carbocycles. The molecule has 3 rings (SSSR count). The molecule has 0 spiro atoms. The lowest BCUT2D eigenvalue weighted by molar-refractivity contribution is -0.134. The number of hydrogen-bond donors (Lipinski definition) is 0. The van der Waals surface area contributed by atoms with Gasteiger partial charge in [-0.3, -0.25) is 19.4 Å². The number of rotatable bonds is 2. The van der Waals surface area contributed by atoms with Crippen molar-refractivity contribution >= 4 is 23.5 Å². The average molecular weight is 365 g/mol. The highest BCUT2D eigenvalue weighted by Gasteiger charge is 2.38. The Morgan fingerprint density at radius 3 is 1.96 bits per heavy atom. The number of fused-ring (bicyclic) bond motifs is 1. The highest BCUT2D eigenvalue weighted by atomic mass is 16.2. The zero-order valence-corrected chi connectivity index (χ0v) is 16.2. The van der Waals surface area contributed by atoms with Gasteiger partial charge in [0.2, 0.25) is 0 Å². The fraction of sp³-hybridized carbons (Fsp3) is 0.286. The van der Waals surface area contributed by atoms with Gasteiger partial charge in [0.05, 0.1) is 0 Å². The van der Waals surface area contributed by atoms with Crippen molar-refractivity contribution < 1.29 is 14.4 Å². The number of anilines is 1. The van der Waals surface area contributed by atoms with Gasteiger partial charge in [-0.05, 0) is 23.8 Å². The maximum absolute atomic E-state index is 12.2. The molecule has 2 aliphatic heterocycles. The highest BCUT2D eigenvalue weighted by Crippen LogP contribution is 2.46. The lowest BCUT2D eigenvalue weighted by Crippen LogP contribution is -2.52. The predicted molar refractivity (Wildman–Crippen MR) is 104 cm³/mol. The second kappa shape index (κ2) is 6.54. The first kappa shape index (κ1) is 18.6. The van der Waals surface area contributed by atoms with Gasteiger partial charge in [-0.1, -0.05) is 44.2 Å². The molecule has 0 radical (unpaired) electrons. The number of carbonyl (C=O) groups is 3. The van der Waals surface area contributed by atoms with Crippen LogP contribution in [0.15, 0.2) is 59.8 Å². The molecule has 6 heteroatoms. The van der Waals surface area contributed by atoms with E-state index in [-0.39, 0.29) is 11.0 Å². The maximum atomic E-state index is 12.2. The van der Waals surface area contributed by atoms with Crippen molar-refractivity contribution in [3.05, 3.63) is 65.4 Å². The number of imide groups is 2. The normalized spacial score (nSPS) is 20.9. The van der Waals surface area contributed by atoms with Crippen LogP contribution in [0.4, 0.5) is 10.5 Å². The van der Waals surface area contributed by atoms with Gasteiger partial charge in [-0.2, -0.15) is 0 Å². The Balaban J connectivity index is 1.87. The minimum atomic E-state index is -0.625. The first-order valence-corrected chi connectivity index (χ1v) is 8.70. The van der Waals surface area contributed by atoms with Crippen molar-refractivity contribution in [2.75, 3.05) is 26.0 Å². The summed E-state index contributed by atoms with van der Waals surface area (Å²) in [6.45, 7) is 4.33. The van der Waals surface area contributed by atoms with Crippen molar-refractivity contribution in [3.63, 3.8) is 0 Å². The molecule has 0 saturated carbocycles. The summed E-state index contributed by atoms with van der Waals surface area (Å²) in [5, 5.41) is 0. The van der Waals surface area contributed by atoms with Crippen molar-refractivity contribution in [3.8, 4) is 0 Å². The molecule has 0 unspecified atom stereocenters. The molecule has 1 aromatic rings. The Bertz CT molecular complexity index is 898. The van der Waals surface area contributed by atoms with E-state index in [9.17, 15) is 14.4 Å². The lowest BCUT2D eigenvalue weighted by atomic mass is 9.84. The van der Waals surface area contributed by atoms with Gasteiger partial charge in [0.25, 0.3) is 11.8 Å². The smallest absolute Gasteiger partial charge is 0.333 e. The molecule has 140 valence electrons. The van der Waals surface area contributed by atoms with Crippen LogP contribution in [0.1, 0.15) is 19.4 Å². The van der Waals surface area contributed by atoms with Crippen LogP contribution in [0, 0.1) is 0 Å². The largest absolute Gasteiger partial charge is 0.347 e. The number of urea groups is 1. The van der Waals surface area contributed by atoms with Crippen LogP contribution in [-0.4, -0.2) is 48.8 Å². The number of likely N-dealkylation sites (N-methyl/N-ethyl adjacent to an activating group) is 3. The van der Waals surface area contributed by atoms with E-state index in [1.165, 1.54) is 31.4 Å². The lowest BCUT2D eigenvalue weighted by Gasteiger charge is -2.28. The summed E-state index contributed by atoms with van der Waals surface area (Å²) in [5.74, 6) is -1.18. The number of hydrogen-bond acceptors (Lipinski definition) is 4. The molecule has 27 heavy (non-hydrogen) atoms. The van der Waals surface area contributed by atoms with Crippen LogP contribution in [0.25, 0.3) is 0 Å². The number of amides is 4. The van der Waals surface area contributed by atoms with E-state index in [1.807, 2.05) is 31.3 Å². The second-order valence-electron chi connectivity index (χ2n) is 7.23. The Kier molecular flexibility index (Phi) is 4.51. The van der Waals surface area contributed by atoms with E-state index in [0.717, 1.165) is 15.5 Å². The van der Waals surface area contributed by atoms with Crippen molar-refractivity contribution in [1.29, 1.82) is 0 Å². The first-order valence-electron chi connectivity index (χ1n) is 8.70. The second-order valence-corrected chi connectivity index (χ2v) is 7.23. The zero-order valence-electron chi connectivity index (χ0n) is 16.2. The van der Waals surface area contributed by atoms with E-state index in [4.69, 9.17) is 0 Å². The minimum Gasteiger partial charge on any atom is -0.347 e. The first-order chi connectivity index (χ1) is 12.7. The van der Waals surface area contributed by atoms with E-state index in [0.29, 0.717) is 0 Å². The van der Waals surface area contributed by atoms with Gasteiger partial charge in [0.15, 0.2) is 0 Å². The summed E-state index contributed by atoms with van der Waals surface area (Å²) < 4.78 is 0. The van der Waals surface area contributed by atoms with Gasteiger partial charge in [-0.25, -0.2) is 4.79 Å². The van der Waals surface area contributed by atoms with Gasteiger partial charge in [0.1, 0.15) is 5.57 Å². The van der Waals surface area contributed by atoms with Gasteiger partial charge < -0.3 is 4.90 Å². The summed E-state index contributed by atoms with van der Waals surface area (Å²) in [6.07, 6.45) is 6.90. The van der Waals surface area contributed by atoms with Gasteiger partial charge in [0, 0.05) is 37.9 Å². The van der Waals surface area contributed by atoms with Crippen molar-refractivity contribution in [1.82, 2.24) is 9.80 Å². The molecule has 0 atom stereocenters. The number of carbonyl (C=O) groups excluding carboxylic acids is 3. The van der Waals surface area contributed by atoms with Gasteiger partial charge in [-0.15, -0.1) is 0 Å². The SMILES string of the molecule is CN1C(=O)C(=CC=CC=C2N(C)c3ccccc3C2(C)C)C(=O)N(C)C1=O. The number of barbiturate groups is 1. The van der Waals surface area contributed by atoms with Gasteiger partial charge >= 0.3 is 6.03 Å². The number of allylic oxidation sites excluding steroid dienone is 5. The number of nitrogens with zero attached hydrogens (tertiary/aromatic N) is 3. The van der Waals surface area contributed by atoms with E-state index >= 15 is 0 Å². The van der Waals surface area contributed by atoms with Crippen LogP contribution >= 0.6 is 0 Å². The molecule has 2 aliphatic rings. The maximum Gasteiger partial charge on any atom is 0.333 e. The standard InChI is InChI=1S/C21H23N3O3/c1-21(2)15-11-7-8-12-16(15)22(3)17(21)13-9-6-10-14-18(25)23(4)20(27)24(5)19(14)26/h6-13H,1-5H3. The summed E-state index contributed by atoms with van der Waals surface area (Å²) in [6, 6.07) is 7.64. The van der Waals surface area contributed by atoms with E-state index in [2.05, 4.69) is 30.9 Å². The van der Waals surface area contributed by atoms with Crippen LogP contribution in [-0.2, 0) is 15.0 Å². The summed E-state index contributed by atoms with van der Waals surface area (Å²) in [5.41, 5.74) is 3.36. The molecule has 6 nitrogen and oxygen atoms in total. The van der Waals surface area contributed by atoms with Crippen molar-refractivity contribution in [2.45, 2.75) is 19.3 Å². The molecule has 0 aromatic heterocycles. The molecule has 1 fully saturated rings. The third-order valence-electron chi connectivity index (χ3n) is 5.21. The molecule has 0 bridgehead atoms. The Labute approximate surface area is 159 Å². The number of benzene rings is 1. The van der Waals surface area contributed by atoms with Crippen molar-refractivity contribution in [2.24, 2.45) is 0 Å². The Hall–Kier alpha value is -3.15. The van der Waals surface area contributed by atoms with Crippen LogP contribution in [0.2, 0.25) is 0 Å². The van der Waals surface area contributed by atoms with Crippen LogP contribution in [0.3, 0.4) is 0 Å². The third kappa shape index (κ3) is 2.87. The molecular weight excluding hydrogens is 342 g/mol. The van der Waals surface area contributed by atoms with Crippen LogP contribution < -0.4 is 4.90 Å². The van der Waals surface area contributed by atoms with Crippen LogP contribution in [0.5, 0.6) is 0 Å². The number of para-hydroxylation sites is 1. The fourth-order valence-electron chi connectivity index (χ4n) is 3.59. The molecular formula is C21H23N3O3. The fourth-order valence-corrected chi connectivity index (χ4v) is 3.59. The minimum absolute atomic E-state index is 0.0310. The topological polar surface area (TPSA) is 60.9 Å². The third-order valence-corrected chi connectivity index (χ3v) is 5.21. The summed E-state index contributed by atoms with van der Waals surface area (Å²) >= 11 is 0. The molecule has 2 heterocycles. The molecule has 1 saturated heterocycles. The molecule has 1 aromatic carbocycles.